The molecule has 2 aliphatic heterocycles. The van der Waals surface area contributed by atoms with Gasteiger partial charge in [0.15, 0.2) is 0 Å². The molecular formula is C38H44ClN5O4. The molecule has 3 heterocycles. The van der Waals surface area contributed by atoms with Crippen LogP contribution in [0.4, 0.5) is 5.69 Å². The fourth-order valence-electron chi connectivity index (χ4n) is 7.11. The summed E-state index contributed by atoms with van der Waals surface area (Å²) in [6.07, 6.45) is 4.20. The summed E-state index contributed by atoms with van der Waals surface area (Å²) in [6.45, 7) is 4.27. The largest absolute Gasteiger partial charge is 0.368 e. The van der Waals surface area contributed by atoms with Crippen molar-refractivity contribution < 1.29 is 19.1 Å². The summed E-state index contributed by atoms with van der Waals surface area (Å²) in [4.78, 5) is 50.1. The average Bonchev–Trinajstić information content (AvgIpc) is 3.48. The number of H-pyrrole nitrogens is 1. The molecule has 3 aromatic carbocycles. The normalized spacial score (nSPS) is 17.4. The van der Waals surface area contributed by atoms with E-state index in [0.29, 0.717) is 43.9 Å². The molecule has 6 rings (SSSR count). The lowest BCUT2D eigenvalue weighted by atomic mass is 9.91. The molecule has 0 radical (unpaired) electrons. The molecule has 0 unspecified atom stereocenters. The Labute approximate surface area is 287 Å². The number of carbonyl (C=O) groups is 3. The maximum atomic E-state index is 14.5. The number of aromatic amines is 1. The summed E-state index contributed by atoms with van der Waals surface area (Å²) in [5.74, 6) is -0.267. The van der Waals surface area contributed by atoms with Crippen molar-refractivity contribution in [3.8, 4) is 0 Å². The number of nitrogens with one attached hydrogen (secondary N) is 2. The molecule has 2 atom stereocenters. The molecule has 2 aliphatic rings. The van der Waals surface area contributed by atoms with Crippen molar-refractivity contribution in [1.29, 1.82) is 0 Å². The molecule has 9 nitrogen and oxygen atoms in total. The standard InChI is InChI=1S/C38H44ClN5O4/c1-25-8-4-5-9-31(25)37(46)43-16-14-30(15-17-43)48-24-36(45)41-34(20-28-21-40-33-11-7-6-10-32(28)33)38(47)44-23-26(22-42(2)3)18-27-19-29(39)12-13-35(27)44/h4-13,19,21,26,30,34,40H,14-18,20,22-24H2,1-3H3,(H,41,45)/t26-,34+/m0/s1. The summed E-state index contributed by atoms with van der Waals surface area (Å²) in [7, 11) is 4.07. The van der Waals surface area contributed by atoms with E-state index in [-0.39, 0.29) is 36.4 Å². The van der Waals surface area contributed by atoms with Gasteiger partial charge in [-0.2, -0.15) is 0 Å². The number of piperidine rings is 1. The zero-order chi connectivity index (χ0) is 33.8. The molecule has 1 aromatic heterocycles. The van der Waals surface area contributed by atoms with Crippen LogP contribution in [-0.2, 0) is 27.2 Å². The number of ether oxygens (including phenoxy) is 1. The first-order valence-electron chi connectivity index (χ1n) is 16.7. The van der Waals surface area contributed by atoms with Crippen LogP contribution in [0.1, 0.15) is 39.9 Å². The second-order valence-corrected chi connectivity index (χ2v) is 13.8. The molecule has 252 valence electrons. The second-order valence-electron chi connectivity index (χ2n) is 13.4. The quantitative estimate of drug-likeness (QED) is 0.241. The van der Waals surface area contributed by atoms with E-state index < -0.39 is 6.04 Å². The number of rotatable bonds is 10. The number of anilines is 1. The maximum Gasteiger partial charge on any atom is 0.254 e. The van der Waals surface area contributed by atoms with Crippen molar-refractivity contribution in [2.45, 2.75) is 44.8 Å². The van der Waals surface area contributed by atoms with Gasteiger partial charge in [-0.05, 0) is 93.2 Å². The Morgan fingerprint density at radius 2 is 1.79 bits per heavy atom. The number of amides is 3. The molecule has 3 amide bonds. The predicted molar refractivity (Wildman–Crippen MR) is 190 cm³/mol. The fraction of sp³-hybridized carbons (Fsp3) is 0.395. The van der Waals surface area contributed by atoms with E-state index in [2.05, 4.69) is 15.2 Å². The minimum absolute atomic E-state index is 0.0253. The highest BCUT2D eigenvalue weighted by Gasteiger charge is 2.34. The van der Waals surface area contributed by atoms with Gasteiger partial charge in [-0.3, -0.25) is 14.4 Å². The van der Waals surface area contributed by atoms with E-state index in [1.807, 2.05) is 104 Å². The third kappa shape index (κ3) is 7.75. The van der Waals surface area contributed by atoms with Crippen molar-refractivity contribution in [1.82, 2.24) is 20.1 Å². The predicted octanol–water partition coefficient (Wildman–Crippen LogP) is 5.25. The summed E-state index contributed by atoms with van der Waals surface area (Å²) in [5, 5.41) is 4.69. The van der Waals surface area contributed by atoms with Crippen molar-refractivity contribution in [3.63, 3.8) is 0 Å². The van der Waals surface area contributed by atoms with Gasteiger partial charge in [-0.15, -0.1) is 0 Å². The summed E-state index contributed by atoms with van der Waals surface area (Å²) >= 11 is 6.39. The fourth-order valence-corrected chi connectivity index (χ4v) is 7.30. The van der Waals surface area contributed by atoms with Crippen LogP contribution in [0.25, 0.3) is 10.9 Å². The van der Waals surface area contributed by atoms with Gasteiger partial charge in [0.05, 0.1) is 6.10 Å². The topological polar surface area (TPSA) is 98.0 Å². The number of halogens is 1. The number of likely N-dealkylation sites (tertiary alicyclic amines) is 1. The Bertz CT molecular complexity index is 1780. The van der Waals surface area contributed by atoms with Gasteiger partial charge in [0, 0.05) is 66.0 Å². The molecule has 0 bridgehead atoms. The summed E-state index contributed by atoms with van der Waals surface area (Å²) in [6, 6.07) is 20.4. The van der Waals surface area contributed by atoms with Crippen LogP contribution in [0.5, 0.6) is 0 Å². The highest BCUT2D eigenvalue weighted by Crippen LogP contribution is 2.33. The second kappa shape index (κ2) is 14.9. The zero-order valence-electron chi connectivity index (χ0n) is 27.9. The number of aryl methyl sites for hydroxylation is 1. The smallest absolute Gasteiger partial charge is 0.254 e. The number of carbonyl (C=O) groups excluding carboxylic acids is 3. The highest BCUT2D eigenvalue weighted by molar-refractivity contribution is 6.30. The lowest BCUT2D eigenvalue weighted by molar-refractivity contribution is -0.132. The zero-order valence-corrected chi connectivity index (χ0v) is 28.6. The van der Waals surface area contributed by atoms with Gasteiger partial charge in [0.2, 0.25) is 11.8 Å². The van der Waals surface area contributed by atoms with E-state index in [0.717, 1.165) is 51.8 Å². The third-order valence-corrected chi connectivity index (χ3v) is 9.69. The molecule has 0 saturated carbocycles. The monoisotopic (exact) mass is 669 g/mol. The number of fused-ring (bicyclic) bond motifs is 2. The number of benzene rings is 3. The minimum Gasteiger partial charge on any atom is -0.368 e. The molecule has 10 heteroatoms. The number of para-hydroxylation sites is 1. The van der Waals surface area contributed by atoms with Crippen LogP contribution >= 0.6 is 11.6 Å². The molecule has 1 saturated heterocycles. The van der Waals surface area contributed by atoms with Crippen LogP contribution in [-0.4, -0.2) is 91.5 Å². The van der Waals surface area contributed by atoms with Gasteiger partial charge < -0.3 is 29.7 Å². The van der Waals surface area contributed by atoms with Crippen LogP contribution in [0.3, 0.4) is 0 Å². The van der Waals surface area contributed by atoms with E-state index >= 15 is 0 Å². The number of nitrogens with zero attached hydrogens (tertiary/aromatic N) is 3. The van der Waals surface area contributed by atoms with Gasteiger partial charge >= 0.3 is 0 Å². The Hall–Kier alpha value is -4.18. The molecule has 1 fully saturated rings. The van der Waals surface area contributed by atoms with Gasteiger partial charge in [0.1, 0.15) is 12.6 Å². The van der Waals surface area contributed by atoms with Crippen molar-refractivity contribution in [3.05, 3.63) is 100 Å². The number of hydrogen-bond acceptors (Lipinski definition) is 5. The minimum atomic E-state index is -0.810. The Balaban J connectivity index is 1.15. The third-order valence-electron chi connectivity index (χ3n) is 9.46. The molecule has 4 aromatic rings. The molecule has 0 aliphatic carbocycles. The van der Waals surface area contributed by atoms with Crippen LogP contribution in [0, 0.1) is 12.8 Å². The molecular weight excluding hydrogens is 626 g/mol. The van der Waals surface area contributed by atoms with Crippen LogP contribution < -0.4 is 10.2 Å². The Morgan fingerprint density at radius 3 is 2.56 bits per heavy atom. The van der Waals surface area contributed by atoms with E-state index in [1.54, 1.807) is 0 Å². The van der Waals surface area contributed by atoms with E-state index in [1.165, 1.54) is 0 Å². The van der Waals surface area contributed by atoms with Crippen molar-refractivity contribution in [2.75, 3.05) is 51.8 Å². The van der Waals surface area contributed by atoms with Gasteiger partial charge in [-0.25, -0.2) is 0 Å². The maximum absolute atomic E-state index is 14.5. The first-order valence-corrected chi connectivity index (χ1v) is 17.1. The van der Waals surface area contributed by atoms with Crippen LogP contribution in [0.15, 0.2) is 72.9 Å². The van der Waals surface area contributed by atoms with E-state index in [9.17, 15) is 14.4 Å². The molecule has 2 N–H and O–H groups in total. The molecule has 0 spiro atoms. The van der Waals surface area contributed by atoms with Gasteiger partial charge in [0.25, 0.3) is 5.91 Å². The summed E-state index contributed by atoms with van der Waals surface area (Å²) in [5.41, 5.74) is 5.47. The average molecular weight is 670 g/mol. The van der Waals surface area contributed by atoms with Crippen molar-refractivity contribution in [2.24, 2.45) is 5.92 Å². The van der Waals surface area contributed by atoms with E-state index in [4.69, 9.17) is 16.3 Å². The lowest BCUT2D eigenvalue weighted by Gasteiger charge is -2.37. The number of aromatic nitrogens is 1. The first kappa shape index (κ1) is 33.7. The Kier molecular flexibility index (Phi) is 10.5. The Morgan fingerprint density at radius 1 is 1.04 bits per heavy atom. The SMILES string of the molecule is Cc1ccccc1C(=O)N1CCC(OCC(=O)N[C@H](Cc2c[nH]c3ccccc23)C(=O)N2C[C@H](CN(C)C)Cc3cc(Cl)ccc32)CC1. The highest BCUT2D eigenvalue weighted by atomic mass is 35.5. The molecule has 48 heavy (non-hydrogen) atoms. The first-order chi connectivity index (χ1) is 23.2. The van der Waals surface area contributed by atoms with Gasteiger partial charge in [-0.1, -0.05) is 48.0 Å². The summed E-state index contributed by atoms with van der Waals surface area (Å²) < 4.78 is 6.06. The van der Waals surface area contributed by atoms with Crippen LogP contribution in [0.2, 0.25) is 5.02 Å². The number of hydrogen-bond donors (Lipinski definition) is 2. The lowest BCUT2D eigenvalue weighted by Crippen LogP contribution is -2.54. The van der Waals surface area contributed by atoms with Crippen molar-refractivity contribution >= 4 is 45.9 Å².